The number of rotatable bonds is 1. The molecule has 5 heteroatoms. The molecular weight excluding hydrogens is 252 g/mol. The first-order valence-electron chi connectivity index (χ1n) is 5.01. The molecule has 0 atom stereocenters. The summed E-state index contributed by atoms with van der Waals surface area (Å²) >= 11 is 6.33. The predicted octanol–water partition coefficient (Wildman–Crippen LogP) is 1.94. The molecule has 0 saturated carbocycles. The van der Waals surface area contributed by atoms with Crippen molar-refractivity contribution < 1.29 is 5.11 Å². The van der Waals surface area contributed by atoms with Gasteiger partial charge in [-0.25, -0.2) is 0 Å². The van der Waals surface area contributed by atoms with Gasteiger partial charge in [-0.05, 0) is 41.7 Å². The molecule has 3 rings (SSSR count). The molecule has 1 aromatic carbocycles. The Morgan fingerprint density at radius 3 is 3.06 bits per heavy atom. The zero-order valence-electron chi connectivity index (χ0n) is 8.68. The minimum absolute atomic E-state index is 0.126. The second-order valence-electron chi connectivity index (χ2n) is 3.63. The van der Waals surface area contributed by atoms with E-state index in [9.17, 15) is 5.11 Å². The standard InChI is InChI=1S/C12H8N2OS2/c15-11-10(17-12(16)14-11)6-7-1-2-9-8(5-7)3-4-13-9/h1-6,15H,(H,14,16)/b7-6-. The van der Waals surface area contributed by atoms with Crippen LogP contribution < -0.4 is 10.6 Å². The van der Waals surface area contributed by atoms with Gasteiger partial charge in [0.2, 0.25) is 5.88 Å². The molecule has 0 saturated heterocycles. The van der Waals surface area contributed by atoms with Crippen LogP contribution in [-0.4, -0.2) is 10.1 Å². The molecule has 0 amide bonds. The normalized spacial score (nSPS) is 13.8. The van der Waals surface area contributed by atoms with E-state index in [2.05, 4.69) is 9.98 Å². The number of hydrogen-bond donors (Lipinski definition) is 2. The average molecular weight is 260 g/mol. The van der Waals surface area contributed by atoms with Gasteiger partial charge in [0.25, 0.3) is 0 Å². The lowest BCUT2D eigenvalue weighted by atomic mass is 10.2. The molecule has 0 aliphatic carbocycles. The third-order valence-corrected chi connectivity index (χ3v) is 3.64. The highest BCUT2D eigenvalue weighted by atomic mass is 32.1. The van der Waals surface area contributed by atoms with Crippen LogP contribution in [0.5, 0.6) is 5.88 Å². The number of aromatic hydroxyl groups is 1. The first kappa shape index (κ1) is 10.4. The quantitative estimate of drug-likeness (QED) is 0.770. The van der Waals surface area contributed by atoms with Crippen molar-refractivity contribution in [3.8, 4) is 5.88 Å². The van der Waals surface area contributed by atoms with E-state index in [-0.39, 0.29) is 5.88 Å². The number of hydrogen-bond acceptors (Lipinski definition) is 4. The minimum atomic E-state index is 0.126. The van der Waals surface area contributed by atoms with Gasteiger partial charge in [-0.3, -0.25) is 4.99 Å². The van der Waals surface area contributed by atoms with Gasteiger partial charge in [-0.2, -0.15) is 0 Å². The number of nitrogens with zero attached hydrogens (tertiary/aromatic N) is 1. The number of H-pyrrole nitrogens is 1. The third kappa shape index (κ3) is 1.94. The Kier molecular flexibility index (Phi) is 2.42. The molecule has 0 fully saturated rings. The molecule has 0 unspecified atom stereocenters. The van der Waals surface area contributed by atoms with E-state index in [1.165, 1.54) is 11.3 Å². The van der Waals surface area contributed by atoms with Gasteiger partial charge in [-0.15, -0.1) is 11.3 Å². The first-order chi connectivity index (χ1) is 8.22. The Morgan fingerprint density at radius 1 is 1.41 bits per heavy atom. The predicted molar refractivity (Wildman–Crippen MR) is 71.0 cm³/mol. The summed E-state index contributed by atoms with van der Waals surface area (Å²) < 4.78 is 0.574. The fourth-order valence-corrected chi connectivity index (χ4v) is 2.75. The zero-order chi connectivity index (χ0) is 11.8. The summed E-state index contributed by atoms with van der Waals surface area (Å²) in [5, 5.41) is 11.6. The van der Waals surface area contributed by atoms with Crippen LogP contribution in [0.1, 0.15) is 10.4 Å². The fraction of sp³-hybridized carbons (Fsp3) is 0. The smallest absolute Gasteiger partial charge is 0.207 e. The Balaban J connectivity index is 2.17. The largest absolute Gasteiger partial charge is 0.494 e. The molecule has 0 spiro atoms. The Bertz CT molecular complexity index is 784. The van der Waals surface area contributed by atoms with Gasteiger partial charge in [0.15, 0.2) is 3.95 Å². The monoisotopic (exact) mass is 260 g/mol. The highest BCUT2D eigenvalue weighted by molar-refractivity contribution is 7.73. The summed E-state index contributed by atoms with van der Waals surface area (Å²) in [5.41, 5.74) is 1.09. The van der Waals surface area contributed by atoms with Crippen LogP contribution >= 0.6 is 23.6 Å². The van der Waals surface area contributed by atoms with Crippen LogP contribution in [0.25, 0.3) is 12.2 Å². The van der Waals surface area contributed by atoms with Crippen molar-refractivity contribution in [2.45, 2.75) is 0 Å². The molecule has 1 aliphatic rings. The van der Waals surface area contributed by atoms with E-state index >= 15 is 0 Å². The maximum Gasteiger partial charge on any atom is 0.207 e. The van der Waals surface area contributed by atoms with Gasteiger partial charge in [0.1, 0.15) is 0 Å². The van der Waals surface area contributed by atoms with Crippen molar-refractivity contribution in [1.82, 2.24) is 4.98 Å². The molecule has 0 bridgehead atoms. The van der Waals surface area contributed by atoms with Crippen molar-refractivity contribution >= 4 is 35.7 Å². The highest BCUT2D eigenvalue weighted by Crippen LogP contribution is 2.21. The summed E-state index contributed by atoms with van der Waals surface area (Å²) in [4.78, 5) is 7.65. The van der Waals surface area contributed by atoms with E-state index in [0.29, 0.717) is 3.95 Å². The Labute approximate surface area is 106 Å². The van der Waals surface area contributed by atoms with E-state index in [1.807, 2.05) is 30.4 Å². The molecule has 3 nitrogen and oxygen atoms in total. The summed E-state index contributed by atoms with van der Waals surface area (Å²) in [6.45, 7) is 0. The number of aromatic nitrogens is 1. The van der Waals surface area contributed by atoms with Crippen LogP contribution in [0.3, 0.4) is 0 Å². The molecule has 2 N–H and O–H groups in total. The van der Waals surface area contributed by atoms with Crippen molar-refractivity contribution in [2.24, 2.45) is 4.99 Å². The van der Waals surface area contributed by atoms with Gasteiger partial charge < -0.3 is 10.1 Å². The summed E-state index contributed by atoms with van der Waals surface area (Å²) in [5.74, 6) is 0.126. The molecule has 84 valence electrons. The molecule has 2 heterocycles. The van der Waals surface area contributed by atoms with Crippen molar-refractivity contribution in [1.29, 1.82) is 0 Å². The molecule has 17 heavy (non-hydrogen) atoms. The second kappa shape index (κ2) is 3.94. The van der Waals surface area contributed by atoms with E-state index < -0.39 is 0 Å². The number of aromatic amines is 1. The number of nitrogens with one attached hydrogen (secondary N) is 1. The van der Waals surface area contributed by atoms with Crippen LogP contribution in [-0.2, 0) is 0 Å². The Morgan fingerprint density at radius 2 is 2.29 bits per heavy atom. The van der Waals surface area contributed by atoms with Gasteiger partial charge >= 0.3 is 0 Å². The lowest BCUT2D eigenvalue weighted by Gasteiger charge is -1.91. The first-order valence-corrected chi connectivity index (χ1v) is 6.23. The van der Waals surface area contributed by atoms with Crippen LogP contribution in [0.15, 0.2) is 29.4 Å². The second-order valence-corrected chi connectivity index (χ2v) is 5.35. The number of fused-ring (bicyclic) bond motifs is 1. The molecule has 2 aromatic rings. The van der Waals surface area contributed by atoms with Crippen LogP contribution in [0, 0.1) is 3.95 Å². The average Bonchev–Trinajstić information content (AvgIpc) is 2.85. The molecule has 0 radical (unpaired) electrons. The van der Waals surface area contributed by atoms with Crippen molar-refractivity contribution in [3.05, 3.63) is 49.4 Å². The Hall–Kier alpha value is -1.72. The van der Waals surface area contributed by atoms with Gasteiger partial charge in [0.05, 0.1) is 10.2 Å². The zero-order valence-corrected chi connectivity index (χ0v) is 10.3. The number of thiazole rings is 1. The maximum atomic E-state index is 9.61. The van der Waals surface area contributed by atoms with Crippen molar-refractivity contribution in [2.75, 3.05) is 0 Å². The lowest BCUT2D eigenvalue weighted by Crippen LogP contribution is -2.09. The van der Waals surface area contributed by atoms with E-state index in [1.54, 1.807) is 6.20 Å². The highest BCUT2D eigenvalue weighted by Gasteiger charge is 2.01. The summed E-state index contributed by atoms with van der Waals surface area (Å²) in [6.07, 6.45) is 5.65. The maximum absolute atomic E-state index is 9.61. The lowest BCUT2D eigenvalue weighted by molar-refractivity contribution is 0.456. The summed E-state index contributed by atoms with van der Waals surface area (Å²) in [6, 6.07) is 5.96. The fourth-order valence-electron chi connectivity index (χ4n) is 1.69. The summed E-state index contributed by atoms with van der Waals surface area (Å²) in [7, 11) is 0. The van der Waals surface area contributed by atoms with E-state index in [4.69, 9.17) is 12.2 Å². The van der Waals surface area contributed by atoms with Crippen LogP contribution in [0.2, 0.25) is 0 Å². The molecule has 1 aliphatic heterocycles. The molecule has 1 aromatic heterocycles. The SMILES string of the molecule is Oc1[nH]c(=S)sc1/C=c1/ccc2c(c1)C=CN=2. The van der Waals surface area contributed by atoms with Crippen LogP contribution in [0.4, 0.5) is 0 Å². The van der Waals surface area contributed by atoms with Gasteiger partial charge in [-0.1, -0.05) is 6.07 Å². The topological polar surface area (TPSA) is 48.4 Å². The third-order valence-electron chi connectivity index (χ3n) is 2.47. The minimum Gasteiger partial charge on any atom is -0.494 e. The van der Waals surface area contributed by atoms with E-state index in [0.717, 1.165) is 21.0 Å². The van der Waals surface area contributed by atoms with Crippen molar-refractivity contribution in [3.63, 3.8) is 0 Å². The molecular formula is C12H8N2OS2. The number of benzene rings is 1. The van der Waals surface area contributed by atoms with Gasteiger partial charge in [0, 0.05) is 11.8 Å².